The van der Waals surface area contributed by atoms with Crippen LogP contribution < -0.4 is 10.6 Å². The number of likely N-dealkylation sites (tertiary alicyclic amines) is 1. The molecule has 2 saturated carbocycles. The van der Waals surface area contributed by atoms with E-state index in [0.717, 1.165) is 24.5 Å². The lowest BCUT2D eigenvalue weighted by atomic mass is 9.89. The van der Waals surface area contributed by atoms with Crippen LogP contribution in [0.4, 0.5) is 0 Å². The lowest BCUT2D eigenvalue weighted by Gasteiger charge is -2.33. The topological polar surface area (TPSA) is 60.0 Å². The standard InChI is InChI=1S/C20H37N5O/c1-24(2)19(26)15-22-20(21-14-16-6-4-3-5-7-16)23-17-10-12-25(13-11-17)18-8-9-18/h16-18H,3-15H2,1-2H3,(H2,21,22,23). The predicted octanol–water partition coefficient (Wildman–Crippen LogP) is 1.82. The van der Waals surface area contributed by atoms with E-state index < -0.39 is 0 Å². The van der Waals surface area contributed by atoms with Gasteiger partial charge in [-0.25, -0.2) is 4.99 Å². The molecule has 1 amide bonds. The molecule has 1 heterocycles. The SMILES string of the molecule is CN(C)C(=O)CN=C(NCC1CCCCC1)NC1CCN(C2CC2)CC1. The van der Waals surface area contributed by atoms with E-state index in [2.05, 4.69) is 20.5 Å². The first-order valence-electron chi connectivity index (χ1n) is 10.6. The third-order valence-corrected chi connectivity index (χ3v) is 6.09. The van der Waals surface area contributed by atoms with Gasteiger partial charge in [-0.3, -0.25) is 4.79 Å². The van der Waals surface area contributed by atoms with E-state index in [-0.39, 0.29) is 12.5 Å². The van der Waals surface area contributed by atoms with Gasteiger partial charge in [0.05, 0.1) is 0 Å². The van der Waals surface area contributed by atoms with Crippen LogP contribution in [0.2, 0.25) is 0 Å². The second-order valence-electron chi connectivity index (χ2n) is 8.52. The van der Waals surface area contributed by atoms with Crippen LogP contribution >= 0.6 is 0 Å². The maximum atomic E-state index is 11.9. The van der Waals surface area contributed by atoms with Gasteiger partial charge in [0.1, 0.15) is 6.54 Å². The van der Waals surface area contributed by atoms with Gasteiger partial charge in [-0.1, -0.05) is 19.3 Å². The van der Waals surface area contributed by atoms with Crippen molar-refractivity contribution < 1.29 is 4.79 Å². The maximum absolute atomic E-state index is 11.9. The molecule has 0 atom stereocenters. The highest BCUT2D eigenvalue weighted by Crippen LogP contribution is 2.29. The van der Waals surface area contributed by atoms with Crippen LogP contribution in [0.25, 0.3) is 0 Å². The van der Waals surface area contributed by atoms with E-state index >= 15 is 0 Å². The van der Waals surface area contributed by atoms with E-state index in [1.807, 2.05) is 0 Å². The van der Waals surface area contributed by atoms with Crippen LogP contribution in [0.5, 0.6) is 0 Å². The van der Waals surface area contributed by atoms with Gasteiger partial charge >= 0.3 is 0 Å². The van der Waals surface area contributed by atoms with Crippen molar-refractivity contribution in [3.8, 4) is 0 Å². The third-order valence-electron chi connectivity index (χ3n) is 6.09. The molecule has 1 saturated heterocycles. The Morgan fingerprint density at radius 2 is 1.73 bits per heavy atom. The number of nitrogens with zero attached hydrogens (tertiary/aromatic N) is 3. The van der Waals surface area contributed by atoms with Crippen LogP contribution in [-0.2, 0) is 4.79 Å². The Balaban J connectivity index is 1.49. The number of guanidine groups is 1. The van der Waals surface area contributed by atoms with E-state index in [1.54, 1.807) is 19.0 Å². The Hall–Kier alpha value is -1.30. The molecule has 3 rings (SSSR count). The van der Waals surface area contributed by atoms with Gasteiger partial charge in [0.15, 0.2) is 5.96 Å². The van der Waals surface area contributed by atoms with Gasteiger partial charge in [0, 0.05) is 45.8 Å². The molecule has 0 unspecified atom stereocenters. The zero-order valence-electron chi connectivity index (χ0n) is 16.7. The first kappa shape index (κ1) is 19.5. The molecule has 0 aromatic heterocycles. The maximum Gasteiger partial charge on any atom is 0.243 e. The van der Waals surface area contributed by atoms with Crippen LogP contribution in [0.15, 0.2) is 4.99 Å². The molecule has 6 heteroatoms. The molecule has 0 radical (unpaired) electrons. The minimum Gasteiger partial charge on any atom is -0.356 e. The van der Waals surface area contributed by atoms with E-state index in [9.17, 15) is 4.79 Å². The minimum atomic E-state index is 0.0484. The molecule has 1 aliphatic heterocycles. The number of hydrogen-bond acceptors (Lipinski definition) is 3. The van der Waals surface area contributed by atoms with Crippen LogP contribution in [0, 0.1) is 5.92 Å². The highest BCUT2D eigenvalue weighted by Gasteiger charge is 2.32. The molecule has 2 aliphatic carbocycles. The van der Waals surface area contributed by atoms with Gasteiger partial charge in [-0.05, 0) is 44.4 Å². The summed E-state index contributed by atoms with van der Waals surface area (Å²) in [5.41, 5.74) is 0. The zero-order valence-corrected chi connectivity index (χ0v) is 16.7. The van der Waals surface area contributed by atoms with Crippen molar-refractivity contribution in [2.75, 3.05) is 40.3 Å². The summed E-state index contributed by atoms with van der Waals surface area (Å²) in [5, 5.41) is 7.14. The number of hydrogen-bond donors (Lipinski definition) is 2. The number of piperidine rings is 1. The molecule has 26 heavy (non-hydrogen) atoms. The Morgan fingerprint density at radius 1 is 1.04 bits per heavy atom. The van der Waals surface area contributed by atoms with Crippen molar-refractivity contribution in [3.63, 3.8) is 0 Å². The zero-order chi connectivity index (χ0) is 18.4. The minimum absolute atomic E-state index is 0.0484. The van der Waals surface area contributed by atoms with Gasteiger partial charge in [-0.2, -0.15) is 0 Å². The molecule has 3 aliphatic rings. The number of rotatable bonds is 6. The van der Waals surface area contributed by atoms with Crippen molar-refractivity contribution in [2.45, 2.75) is 69.9 Å². The summed E-state index contributed by atoms with van der Waals surface area (Å²) in [4.78, 5) is 20.8. The first-order chi connectivity index (χ1) is 12.6. The highest BCUT2D eigenvalue weighted by molar-refractivity contribution is 5.84. The second-order valence-corrected chi connectivity index (χ2v) is 8.52. The molecule has 0 bridgehead atoms. The van der Waals surface area contributed by atoms with Crippen molar-refractivity contribution in [2.24, 2.45) is 10.9 Å². The van der Waals surface area contributed by atoms with Crippen LogP contribution in [0.1, 0.15) is 57.8 Å². The van der Waals surface area contributed by atoms with Gasteiger partial charge in [0.25, 0.3) is 0 Å². The summed E-state index contributed by atoms with van der Waals surface area (Å²) < 4.78 is 0. The molecule has 0 spiro atoms. The Labute approximate surface area is 158 Å². The number of aliphatic imine (C=N–C) groups is 1. The molecule has 3 fully saturated rings. The summed E-state index contributed by atoms with van der Waals surface area (Å²) in [6.45, 7) is 3.57. The smallest absolute Gasteiger partial charge is 0.243 e. The largest absolute Gasteiger partial charge is 0.356 e. The normalized spacial score (nSPS) is 23.7. The number of carbonyl (C=O) groups excluding carboxylic acids is 1. The predicted molar refractivity (Wildman–Crippen MR) is 106 cm³/mol. The van der Waals surface area contributed by atoms with E-state index in [1.165, 1.54) is 70.9 Å². The average Bonchev–Trinajstić information content (AvgIpc) is 3.50. The molecular formula is C20H37N5O. The Morgan fingerprint density at radius 3 is 2.35 bits per heavy atom. The molecule has 148 valence electrons. The number of carbonyl (C=O) groups is 1. The van der Waals surface area contributed by atoms with Gasteiger partial charge in [-0.15, -0.1) is 0 Å². The molecule has 0 aromatic carbocycles. The summed E-state index contributed by atoms with van der Waals surface area (Å²) in [5.74, 6) is 1.62. The molecule has 0 aromatic rings. The highest BCUT2D eigenvalue weighted by atomic mass is 16.2. The number of nitrogens with one attached hydrogen (secondary N) is 2. The summed E-state index contributed by atoms with van der Waals surface area (Å²) >= 11 is 0. The fourth-order valence-corrected chi connectivity index (χ4v) is 4.11. The quantitative estimate of drug-likeness (QED) is 0.558. The summed E-state index contributed by atoms with van der Waals surface area (Å²) in [6.07, 6.45) is 11.8. The van der Waals surface area contributed by atoms with Gasteiger partial charge < -0.3 is 20.4 Å². The van der Waals surface area contributed by atoms with Crippen molar-refractivity contribution in [1.82, 2.24) is 20.4 Å². The molecule has 6 nitrogen and oxygen atoms in total. The summed E-state index contributed by atoms with van der Waals surface area (Å²) in [6, 6.07) is 1.34. The number of likely N-dealkylation sites (N-methyl/N-ethyl adjacent to an activating group) is 1. The monoisotopic (exact) mass is 363 g/mol. The Bertz CT molecular complexity index is 475. The lowest BCUT2D eigenvalue weighted by molar-refractivity contribution is -0.127. The van der Waals surface area contributed by atoms with Crippen LogP contribution in [0.3, 0.4) is 0 Å². The van der Waals surface area contributed by atoms with Crippen molar-refractivity contribution >= 4 is 11.9 Å². The van der Waals surface area contributed by atoms with E-state index in [0.29, 0.717) is 6.04 Å². The number of amides is 1. The fraction of sp³-hybridized carbons (Fsp3) is 0.900. The van der Waals surface area contributed by atoms with Crippen molar-refractivity contribution in [3.05, 3.63) is 0 Å². The van der Waals surface area contributed by atoms with Gasteiger partial charge in [0.2, 0.25) is 5.91 Å². The fourth-order valence-electron chi connectivity index (χ4n) is 4.11. The second kappa shape index (κ2) is 9.58. The molecular weight excluding hydrogens is 326 g/mol. The van der Waals surface area contributed by atoms with E-state index in [4.69, 9.17) is 0 Å². The Kier molecular flexibility index (Phi) is 7.17. The average molecular weight is 364 g/mol. The van der Waals surface area contributed by atoms with Crippen molar-refractivity contribution in [1.29, 1.82) is 0 Å². The third kappa shape index (κ3) is 6.15. The molecule has 2 N–H and O–H groups in total. The van der Waals surface area contributed by atoms with Crippen LogP contribution in [-0.4, -0.2) is 74.0 Å². The summed E-state index contributed by atoms with van der Waals surface area (Å²) in [7, 11) is 3.57. The first-order valence-corrected chi connectivity index (χ1v) is 10.6. The lowest BCUT2D eigenvalue weighted by Crippen LogP contribution is -2.50.